The van der Waals surface area contributed by atoms with Crippen LogP contribution in [0.1, 0.15) is 5.56 Å². The molecular formula is C9H12O6S2. The van der Waals surface area contributed by atoms with E-state index >= 15 is 0 Å². The van der Waals surface area contributed by atoms with Crippen molar-refractivity contribution in [1.82, 2.24) is 0 Å². The molecule has 1 aromatic carbocycles. The second-order valence-corrected chi connectivity index (χ2v) is 6.56. The summed E-state index contributed by atoms with van der Waals surface area (Å²) >= 11 is 0. The van der Waals surface area contributed by atoms with Crippen LogP contribution in [0.4, 0.5) is 0 Å². The molecule has 0 fully saturated rings. The van der Waals surface area contributed by atoms with Crippen LogP contribution in [-0.4, -0.2) is 33.7 Å². The van der Waals surface area contributed by atoms with Crippen molar-refractivity contribution in [2.75, 3.05) is 12.4 Å². The van der Waals surface area contributed by atoms with Crippen LogP contribution in [0.15, 0.2) is 29.2 Å². The van der Waals surface area contributed by atoms with Gasteiger partial charge in [0.1, 0.15) is 5.75 Å². The van der Waals surface area contributed by atoms with Crippen molar-refractivity contribution in [3.05, 3.63) is 29.8 Å². The molecule has 0 saturated heterocycles. The van der Waals surface area contributed by atoms with Crippen molar-refractivity contribution < 1.29 is 25.6 Å². The lowest BCUT2D eigenvalue weighted by Gasteiger charge is -2.04. The molecule has 0 saturated carbocycles. The highest BCUT2D eigenvalue weighted by Gasteiger charge is 2.16. The summed E-state index contributed by atoms with van der Waals surface area (Å²) in [6.07, 6.45) is 0. The zero-order valence-electron chi connectivity index (χ0n) is 9.03. The van der Waals surface area contributed by atoms with Gasteiger partial charge in [-0.2, -0.15) is 16.8 Å². The maximum Gasteiger partial charge on any atom is 0.297 e. The summed E-state index contributed by atoms with van der Waals surface area (Å²) in [5.74, 6) is -0.766. The lowest BCUT2D eigenvalue weighted by Crippen LogP contribution is -2.15. The molecule has 0 spiro atoms. The van der Waals surface area contributed by atoms with Crippen molar-refractivity contribution >= 4 is 20.2 Å². The third kappa shape index (κ3) is 4.82. The minimum absolute atomic E-state index is 0.0570. The Kier molecular flexibility index (Phi) is 4.26. The van der Waals surface area contributed by atoms with Crippen molar-refractivity contribution in [3.8, 4) is 0 Å². The van der Waals surface area contributed by atoms with Gasteiger partial charge in [0.25, 0.3) is 20.2 Å². The van der Waals surface area contributed by atoms with Crippen LogP contribution in [0.25, 0.3) is 0 Å². The van der Waals surface area contributed by atoms with Gasteiger partial charge in [0.2, 0.25) is 0 Å². The standard InChI is InChI=1S/C9H12O6S2/c1-8-2-4-9(5-3-8)17(13,14)15-6-7-16(10,11)12/h2-5H,6-7H2,1H3,(H,10,11,12). The minimum Gasteiger partial charge on any atom is -0.285 e. The van der Waals surface area contributed by atoms with E-state index in [-0.39, 0.29) is 4.90 Å². The van der Waals surface area contributed by atoms with E-state index in [1.165, 1.54) is 12.1 Å². The largest absolute Gasteiger partial charge is 0.297 e. The maximum atomic E-state index is 11.5. The van der Waals surface area contributed by atoms with Crippen LogP contribution in [-0.2, 0) is 24.4 Å². The number of hydrogen-bond acceptors (Lipinski definition) is 5. The molecule has 0 atom stereocenters. The first-order valence-corrected chi connectivity index (χ1v) is 7.64. The van der Waals surface area contributed by atoms with Gasteiger partial charge in [-0.1, -0.05) is 17.7 Å². The van der Waals surface area contributed by atoms with E-state index in [1.54, 1.807) is 19.1 Å². The maximum absolute atomic E-state index is 11.5. The summed E-state index contributed by atoms with van der Waals surface area (Å²) in [6, 6.07) is 5.91. The Morgan fingerprint density at radius 3 is 2.12 bits per heavy atom. The van der Waals surface area contributed by atoms with Gasteiger partial charge in [-0.05, 0) is 19.1 Å². The van der Waals surface area contributed by atoms with Crippen molar-refractivity contribution in [2.24, 2.45) is 0 Å². The Labute approximate surface area is 100 Å². The zero-order chi connectivity index (χ0) is 13.1. The van der Waals surface area contributed by atoms with E-state index in [2.05, 4.69) is 4.18 Å². The van der Waals surface area contributed by atoms with Crippen molar-refractivity contribution in [2.45, 2.75) is 11.8 Å². The molecule has 0 unspecified atom stereocenters. The molecule has 0 heterocycles. The highest BCUT2D eigenvalue weighted by molar-refractivity contribution is 7.87. The normalized spacial score (nSPS) is 12.6. The van der Waals surface area contributed by atoms with Crippen molar-refractivity contribution in [3.63, 3.8) is 0 Å². The lowest BCUT2D eigenvalue weighted by molar-refractivity contribution is 0.334. The molecule has 0 bridgehead atoms. The van der Waals surface area contributed by atoms with E-state index in [0.29, 0.717) is 0 Å². The summed E-state index contributed by atoms with van der Waals surface area (Å²) in [5.41, 5.74) is 0.891. The lowest BCUT2D eigenvalue weighted by atomic mass is 10.2. The third-order valence-corrected chi connectivity index (χ3v) is 3.90. The first kappa shape index (κ1) is 14.1. The first-order chi connectivity index (χ1) is 7.71. The first-order valence-electron chi connectivity index (χ1n) is 4.62. The Balaban J connectivity index is 2.73. The van der Waals surface area contributed by atoms with Gasteiger partial charge in [0, 0.05) is 0 Å². The molecule has 1 N–H and O–H groups in total. The molecule has 0 aliphatic rings. The van der Waals surface area contributed by atoms with Gasteiger partial charge in [-0.15, -0.1) is 0 Å². The van der Waals surface area contributed by atoms with E-state index < -0.39 is 32.6 Å². The van der Waals surface area contributed by atoms with Crippen LogP contribution < -0.4 is 0 Å². The summed E-state index contributed by atoms with van der Waals surface area (Å²) < 4.78 is 56.7. The van der Waals surface area contributed by atoms with Gasteiger partial charge in [-0.3, -0.25) is 8.74 Å². The number of hydrogen-bond donors (Lipinski definition) is 1. The Hall–Kier alpha value is -0.960. The summed E-state index contributed by atoms with van der Waals surface area (Å²) in [7, 11) is -8.20. The molecule has 0 aliphatic carbocycles. The minimum atomic E-state index is -4.22. The Bertz CT molecular complexity index is 570. The van der Waals surface area contributed by atoms with Crippen LogP contribution in [0.3, 0.4) is 0 Å². The monoisotopic (exact) mass is 280 g/mol. The molecule has 1 aromatic rings. The fourth-order valence-electron chi connectivity index (χ4n) is 1.02. The smallest absolute Gasteiger partial charge is 0.285 e. The molecule has 1 rings (SSSR count). The second-order valence-electron chi connectivity index (χ2n) is 3.38. The number of rotatable bonds is 5. The van der Waals surface area contributed by atoms with Crippen molar-refractivity contribution in [1.29, 1.82) is 0 Å². The fraction of sp³-hybridized carbons (Fsp3) is 0.333. The van der Waals surface area contributed by atoms with E-state index in [1.807, 2.05) is 0 Å². The highest BCUT2D eigenvalue weighted by atomic mass is 32.2. The SMILES string of the molecule is Cc1ccc(S(=O)(=O)OCCS(=O)(=O)O)cc1. The molecule has 96 valence electrons. The van der Waals surface area contributed by atoms with Crippen LogP contribution >= 0.6 is 0 Å². The van der Waals surface area contributed by atoms with E-state index in [4.69, 9.17) is 4.55 Å². The van der Waals surface area contributed by atoms with Crippen LogP contribution in [0.5, 0.6) is 0 Å². The molecule has 8 heteroatoms. The zero-order valence-corrected chi connectivity index (χ0v) is 10.7. The number of aryl methyl sites for hydroxylation is 1. The average molecular weight is 280 g/mol. The second kappa shape index (κ2) is 5.13. The fourth-order valence-corrected chi connectivity index (χ4v) is 2.33. The van der Waals surface area contributed by atoms with Gasteiger partial charge >= 0.3 is 0 Å². The quantitative estimate of drug-likeness (QED) is 0.626. The molecule has 0 amide bonds. The Morgan fingerprint density at radius 1 is 1.12 bits per heavy atom. The predicted molar refractivity (Wildman–Crippen MR) is 60.7 cm³/mol. The average Bonchev–Trinajstić information content (AvgIpc) is 2.15. The molecule has 6 nitrogen and oxygen atoms in total. The topological polar surface area (TPSA) is 97.7 Å². The van der Waals surface area contributed by atoms with Gasteiger partial charge in [0.15, 0.2) is 0 Å². The molecule has 0 aliphatic heterocycles. The van der Waals surface area contributed by atoms with Gasteiger partial charge < -0.3 is 0 Å². The van der Waals surface area contributed by atoms with Gasteiger partial charge in [0.05, 0.1) is 11.5 Å². The van der Waals surface area contributed by atoms with Crippen LogP contribution in [0.2, 0.25) is 0 Å². The van der Waals surface area contributed by atoms with E-state index in [0.717, 1.165) is 5.56 Å². The third-order valence-electron chi connectivity index (χ3n) is 1.89. The molecular weight excluding hydrogens is 268 g/mol. The molecule has 0 radical (unpaired) electrons. The van der Waals surface area contributed by atoms with E-state index in [9.17, 15) is 16.8 Å². The predicted octanol–water partition coefficient (Wildman–Crippen LogP) is 0.588. The number of benzene rings is 1. The summed E-state index contributed by atoms with van der Waals surface area (Å²) in [6.45, 7) is 1.19. The highest BCUT2D eigenvalue weighted by Crippen LogP contribution is 2.12. The van der Waals surface area contributed by atoms with Crippen LogP contribution in [0, 0.1) is 6.92 Å². The van der Waals surface area contributed by atoms with Gasteiger partial charge in [-0.25, -0.2) is 0 Å². The Morgan fingerprint density at radius 2 is 1.65 bits per heavy atom. The molecule has 0 aromatic heterocycles. The molecule has 17 heavy (non-hydrogen) atoms. The summed E-state index contributed by atoms with van der Waals surface area (Å²) in [4.78, 5) is -0.0570. The summed E-state index contributed by atoms with van der Waals surface area (Å²) in [5, 5.41) is 0.